The third kappa shape index (κ3) is 6.66. The summed E-state index contributed by atoms with van der Waals surface area (Å²) in [5.41, 5.74) is 1.73. The summed E-state index contributed by atoms with van der Waals surface area (Å²) in [6, 6.07) is 3.72. The van der Waals surface area contributed by atoms with E-state index < -0.39 is 10.0 Å². The first kappa shape index (κ1) is 24.1. The molecule has 3 heterocycles. The van der Waals surface area contributed by atoms with Crippen LogP contribution in [-0.4, -0.2) is 68.0 Å². The van der Waals surface area contributed by atoms with Gasteiger partial charge >= 0.3 is 0 Å². The number of nitrogens with one attached hydrogen (secondary N) is 1. The number of hydrogen-bond acceptors (Lipinski definition) is 6. The Bertz CT molecular complexity index is 848. The molecule has 0 aromatic carbocycles. The van der Waals surface area contributed by atoms with Gasteiger partial charge in [-0.25, -0.2) is 8.42 Å². The van der Waals surface area contributed by atoms with Crippen LogP contribution in [0.5, 0.6) is 0 Å². The Morgan fingerprint density at radius 2 is 2.10 bits per heavy atom. The van der Waals surface area contributed by atoms with Gasteiger partial charge in [-0.05, 0) is 29.3 Å². The smallest absolute Gasteiger partial charge is 0.220 e. The molecule has 1 N–H and O–H groups in total. The molecule has 0 aliphatic carbocycles. The lowest BCUT2D eigenvalue weighted by molar-refractivity contribution is 0.259. The van der Waals surface area contributed by atoms with E-state index in [4.69, 9.17) is 9.52 Å². The van der Waals surface area contributed by atoms with E-state index in [2.05, 4.69) is 39.1 Å². The average Bonchev–Trinajstić information content (AvgIpc) is 3.39. The SMILES string of the molecule is CCNC(=NCC(C)c1ccsc1)N1CCN(S(=O)(=O)Cc2ccon2)CC1.I. The second-order valence-corrected chi connectivity index (χ2v) is 9.53. The zero-order valence-electron chi connectivity index (χ0n) is 16.7. The van der Waals surface area contributed by atoms with Crippen molar-refractivity contribution in [2.24, 2.45) is 4.99 Å². The van der Waals surface area contributed by atoms with Crippen LogP contribution in [0, 0.1) is 0 Å². The van der Waals surface area contributed by atoms with Crippen molar-refractivity contribution in [1.29, 1.82) is 0 Å². The Balaban J connectivity index is 0.00000300. The normalized spacial score (nSPS) is 17.0. The molecule has 1 atom stereocenters. The molecule has 0 radical (unpaired) electrons. The van der Waals surface area contributed by atoms with E-state index >= 15 is 0 Å². The van der Waals surface area contributed by atoms with E-state index in [-0.39, 0.29) is 29.7 Å². The highest BCUT2D eigenvalue weighted by atomic mass is 127. The fraction of sp³-hybridized carbons (Fsp3) is 0.556. The molecule has 0 amide bonds. The summed E-state index contributed by atoms with van der Waals surface area (Å²) in [5.74, 6) is 1.07. The van der Waals surface area contributed by atoms with E-state index in [9.17, 15) is 8.42 Å². The quantitative estimate of drug-likeness (QED) is 0.322. The summed E-state index contributed by atoms with van der Waals surface area (Å²) in [7, 11) is -3.40. The first-order valence-corrected chi connectivity index (χ1v) is 12.0. The highest BCUT2D eigenvalue weighted by Gasteiger charge is 2.29. The molecule has 29 heavy (non-hydrogen) atoms. The highest BCUT2D eigenvalue weighted by molar-refractivity contribution is 14.0. The molecule has 2 aromatic heterocycles. The molecule has 3 rings (SSSR count). The Labute approximate surface area is 193 Å². The molecule has 1 saturated heterocycles. The number of thiophene rings is 1. The number of halogens is 1. The van der Waals surface area contributed by atoms with Gasteiger partial charge in [0.2, 0.25) is 10.0 Å². The molecule has 0 spiro atoms. The third-order valence-electron chi connectivity index (χ3n) is 4.72. The minimum absolute atomic E-state index is 0. The standard InChI is InChI=1S/C18H27N5O3S2.HI/c1-3-19-18(20-12-15(2)16-5-11-27-13-16)22-6-8-23(9-7-22)28(24,25)14-17-4-10-26-21-17;/h4-5,10-11,13,15H,3,6-9,12,14H2,1-2H3,(H,19,20);1H. The van der Waals surface area contributed by atoms with E-state index in [1.807, 2.05) is 6.92 Å². The zero-order valence-corrected chi connectivity index (χ0v) is 20.6. The largest absolute Gasteiger partial charge is 0.364 e. The van der Waals surface area contributed by atoms with Gasteiger partial charge in [-0.15, -0.1) is 24.0 Å². The van der Waals surface area contributed by atoms with E-state index in [1.54, 1.807) is 17.4 Å². The van der Waals surface area contributed by atoms with Gasteiger partial charge in [-0.2, -0.15) is 15.6 Å². The van der Waals surface area contributed by atoms with Gasteiger partial charge in [0.1, 0.15) is 12.0 Å². The van der Waals surface area contributed by atoms with Crippen LogP contribution in [0.4, 0.5) is 0 Å². The van der Waals surface area contributed by atoms with Crippen molar-refractivity contribution in [2.75, 3.05) is 39.3 Å². The molecule has 0 bridgehead atoms. The van der Waals surface area contributed by atoms with Crippen molar-refractivity contribution < 1.29 is 12.9 Å². The van der Waals surface area contributed by atoms with Crippen LogP contribution in [0.1, 0.15) is 31.0 Å². The van der Waals surface area contributed by atoms with Crippen molar-refractivity contribution in [1.82, 2.24) is 19.7 Å². The van der Waals surface area contributed by atoms with E-state index in [0.717, 1.165) is 12.5 Å². The Kier molecular flexibility index (Phi) is 9.37. The van der Waals surface area contributed by atoms with Gasteiger partial charge < -0.3 is 14.7 Å². The topological polar surface area (TPSA) is 91.0 Å². The molecular weight excluding hydrogens is 525 g/mol. The lowest BCUT2D eigenvalue weighted by atomic mass is 10.1. The summed E-state index contributed by atoms with van der Waals surface area (Å²) < 4.78 is 31.4. The third-order valence-corrected chi connectivity index (χ3v) is 7.23. The van der Waals surface area contributed by atoms with Crippen LogP contribution in [0.15, 0.2) is 38.7 Å². The molecule has 1 fully saturated rings. The van der Waals surface area contributed by atoms with Crippen LogP contribution >= 0.6 is 35.3 Å². The first-order valence-electron chi connectivity index (χ1n) is 9.42. The zero-order chi connectivity index (χ0) is 20.0. The maximum absolute atomic E-state index is 12.6. The van der Waals surface area contributed by atoms with Gasteiger partial charge in [0.05, 0.1) is 5.69 Å². The van der Waals surface area contributed by atoms with Crippen molar-refractivity contribution in [3.8, 4) is 0 Å². The maximum atomic E-state index is 12.6. The van der Waals surface area contributed by atoms with Crippen LogP contribution in [0.2, 0.25) is 0 Å². The lowest BCUT2D eigenvalue weighted by Gasteiger charge is -2.35. The molecular formula is C18H28IN5O3S2. The number of nitrogens with zero attached hydrogens (tertiary/aromatic N) is 4. The molecule has 2 aromatic rings. The molecule has 1 aliphatic heterocycles. The number of rotatable bonds is 7. The Morgan fingerprint density at radius 1 is 1.34 bits per heavy atom. The minimum atomic E-state index is -3.40. The average molecular weight is 553 g/mol. The van der Waals surface area contributed by atoms with Gasteiger partial charge in [0.25, 0.3) is 0 Å². The minimum Gasteiger partial charge on any atom is -0.364 e. The van der Waals surface area contributed by atoms with Gasteiger partial charge in [-0.3, -0.25) is 4.99 Å². The van der Waals surface area contributed by atoms with Crippen LogP contribution in [-0.2, 0) is 15.8 Å². The van der Waals surface area contributed by atoms with Crippen molar-refractivity contribution >= 4 is 51.3 Å². The maximum Gasteiger partial charge on any atom is 0.220 e. The van der Waals surface area contributed by atoms with Crippen LogP contribution in [0.25, 0.3) is 0 Å². The first-order chi connectivity index (χ1) is 13.5. The predicted molar refractivity (Wildman–Crippen MR) is 126 cm³/mol. The summed E-state index contributed by atoms with van der Waals surface area (Å²) in [5, 5.41) is 11.3. The summed E-state index contributed by atoms with van der Waals surface area (Å²) in [6.07, 6.45) is 1.39. The van der Waals surface area contributed by atoms with E-state index in [1.165, 1.54) is 16.1 Å². The van der Waals surface area contributed by atoms with Crippen molar-refractivity contribution in [3.05, 3.63) is 40.4 Å². The van der Waals surface area contributed by atoms with E-state index in [0.29, 0.717) is 44.3 Å². The molecule has 1 unspecified atom stereocenters. The summed E-state index contributed by atoms with van der Waals surface area (Å²) in [6.45, 7) is 7.77. The summed E-state index contributed by atoms with van der Waals surface area (Å²) >= 11 is 1.70. The molecule has 8 nitrogen and oxygen atoms in total. The second-order valence-electron chi connectivity index (χ2n) is 6.79. The number of hydrogen-bond donors (Lipinski definition) is 1. The van der Waals surface area contributed by atoms with Gasteiger partial charge in [0, 0.05) is 51.3 Å². The fourth-order valence-electron chi connectivity index (χ4n) is 3.08. The Hall–Kier alpha value is -1.18. The lowest BCUT2D eigenvalue weighted by Crippen LogP contribution is -2.54. The van der Waals surface area contributed by atoms with Crippen molar-refractivity contribution in [3.63, 3.8) is 0 Å². The van der Waals surface area contributed by atoms with Crippen LogP contribution in [0.3, 0.4) is 0 Å². The molecule has 1 aliphatic rings. The predicted octanol–water partition coefficient (Wildman–Crippen LogP) is 2.57. The molecule has 11 heteroatoms. The van der Waals surface area contributed by atoms with Crippen molar-refractivity contribution in [2.45, 2.75) is 25.5 Å². The summed E-state index contributed by atoms with van der Waals surface area (Å²) in [4.78, 5) is 6.92. The fourth-order valence-corrected chi connectivity index (χ4v) is 5.29. The number of sulfonamides is 1. The number of piperazine rings is 1. The Morgan fingerprint density at radius 3 is 2.69 bits per heavy atom. The highest BCUT2D eigenvalue weighted by Crippen LogP contribution is 2.19. The second kappa shape index (κ2) is 11.3. The van der Waals surface area contributed by atoms with Gasteiger partial charge in [0.15, 0.2) is 5.96 Å². The number of aliphatic imine (C=N–C) groups is 1. The van der Waals surface area contributed by atoms with Gasteiger partial charge in [-0.1, -0.05) is 12.1 Å². The number of guanidine groups is 1. The number of aromatic nitrogens is 1. The molecule has 0 saturated carbocycles. The molecule has 162 valence electrons. The monoisotopic (exact) mass is 553 g/mol. The van der Waals surface area contributed by atoms with Crippen LogP contribution < -0.4 is 5.32 Å².